The summed E-state index contributed by atoms with van der Waals surface area (Å²) < 4.78 is 1.90. The highest BCUT2D eigenvalue weighted by atomic mass is 15.4. The first-order chi connectivity index (χ1) is 8.25. The standard InChI is InChI=1S/C13H16N4/c1-9-4-2-7-11(8-9)17-12(10-5-3-6-10)13(14)15-16-17/h2,4,7-8,10H,3,5-6,14H2,1H3. The van der Waals surface area contributed by atoms with E-state index in [0.29, 0.717) is 11.7 Å². The molecule has 3 rings (SSSR count). The largest absolute Gasteiger partial charge is 0.381 e. The van der Waals surface area contributed by atoms with Crippen LogP contribution in [0.5, 0.6) is 0 Å². The number of rotatable bonds is 2. The van der Waals surface area contributed by atoms with Crippen molar-refractivity contribution in [3.63, 3.8) is 0 Å². The van der Waals surface area contributed by atoms with Crippen LogP contribution >= 0.6 is 0 Å². The lowest BCUT2D eigenvalue weighted by Crippen LogP contribution is -2.15. The Kier molecular flexibility index (Phi) is 2.35. The predicted octanol–water partition coefficient (Wildman–Crippen LogP) is 2.43. The SMILES string of the molecule is Cc1cccc(-n2nnc(N)c2C2CCC2)c1. The quantitative estimate of drug-likeness (QED) is 0.858. The molecule has 4 heteroatoms. The van der Waals surface area contributed by atoms with Gasteiger partial charge in [-0.1, -0.05) is 23.8 Å². The van der Waals surface area contributed by atoms with Crippen LogP contribution in [-0.2, 0) is 0 Å². The Morgan fingerprint density at radius 3 is 2.82 bits per heavy atom. The highest BCUT2D eigenvalue weighted by Gasteiger charge is 2.27. The molecule has 17 heavy (non-hydrogen) atoms. The van der Waals surface area contributed by atoms with Crippen molar-refractivity contribution in [2.45, 2.75) is 32.1 Å². The van der Waals surface area contributed by atoms with Gasteiger partial charge in [-0.2, -0.15) is 0 Å². The fourth-order valence-electron chi connectivity index (χ4n) is 2.32. The van der Waals surface area contributed by atoms with E-state index in [2.05, 4.69) is 29.4 Å². The maximum absolute atomic E-state index is 5.93. The van der Waals surface area contributed by atoms with E-state index in [0.717, 1.165) is 11.4 Å². The molecule has 2 aromatic rings. The first-order valence-corrected chi connectivity index (χ1v) is 6.04. The third kappa shape index (κ3) is 1.69. The van der Waals surface area contributed by atoms with E-state index in [1.165, 1.54) is 24.8 Å². The van der Waals surface area contributed by atoms with Crippen LogP contribution < -0.4 is 5.73 Å². The van der Waals surface area contributed by atoms with Crippen molar-refractivity contribution in [3.8, 4) is 5.69 Å². The van der Waals surface area contributed by atoms with E-state index < -0.39 is 0 Å². The Hall–Kier alpha value is -1.84. The van der Waals surface area contributed by atoms with Crippen LogP contribution in [0.15, 0.2) is 24.3 Å². The van der Waals surface area contributed by atoms with Gasteiger partial charge in [0.05, 0.1) is 11.4 Å². The highest BCUT2D eigenvalue weighted by Crippen LogP contribution is 2.39. The average molecular weight is 228 g/mol. The van der Waals surface area contributed by atoms with Crippen molar-refractivity contribution >= 4 is 5.82 Å². The summed E-state index contributed by atoms with van der Waals surface area (Å²) in [6, 6.07) is 8.26. The molecule has 1 saturated carbocycles. The second-order valence-electron chi connectivity index (χ2n) is 4.74. The molecule has 1 aromatic carbocycles. The molecule has 0 spiro atoms. The number of aromatic nitrogens is 3. The first-order valence-electron chi connectivity index (χ1n) is 6.04. The smallest absolute Gasteiger partial charge is 0.169 e. The number of aryl methyl sites for hydroxylation is 1. The molecule has 0 aliphatic heterocycles. The van der Waals surface area contributed by atoms with Crippen LogP contribution in [-0.4, -0.2) is 15.0 Å². The molecule has 88 valence electrons. The molecular formula is C13H16N4. The molecule has 0 radical (unpaired) electrons. The number of nitrogens with zero attached hydrogens (tertiary/aromatic N) is 3. The zero-order valence-corrected chi connectivity index (χ0v) is 9.93. The summed E-state index contributed by atoms with van der Waals surface area (Å²) in [5, 5.41) is 8.19. The summed E-state index contributed by atoms with van der Waals surface area (Å²) in [4.78, 5) is 0. The Labute approximate surface area is 100 Å². The van der Waals surface area contributed by atoms with Gasteiger partial charge in [0, 0.05) is 5.92 Å². The minimum absolute atomic E-state index is 0.533. The number of benzene rings is 1. The van der Waals surface area contributed by atoms with Crippen LogP contribution in [0.1, 0.15) is 36.4 Å². The fourth-order valence-corrected chi connectivity index (χ4v) is 2.32. The topological polar surface area (TPSA) is 56.7 Å². The zero-order chi connectivity index (χ0) is 11.8. The summed E-state index contributed by atoms with van der Waals surface area (Å²) in [6.07, 6.45) is 3.68. The van der Waals surface area contributed by atoms with E-state index >= 15 is 0 Å². The number of nitrogen functional groups attached to an aromatic ring is 1. The summed E-state index contributed by atoms with van der Waals surface area (Å²) in [5.41, 5.74) is 9.29. The summed E-state index contributed by atoms with van der Waals surface area (Å²) in [5.74, 6) is 1.11. The second-order valence-corrected chi connectivity index (χ2v) is 4.74. The lowest BCUT2D eigenvalue weighted by atomic mass is 9.82. The number of hydrogen-bond acceptors (Lipinski definition) is 3. The van der Waals surface area contributed by atoms with Gasteiger partial charge >= 0.3 is 0 Å². The molecule has 0 saturated heterocycles. The van der Waals surface area contributed by atoms with E-state index in [1.807, 2.05) is 16.8 Å². The van der Waals surface area contributed by atoms with Gasteiger partial charge in [-0.15, -0.1) is 5.10 Å². The molecule has 1 heterocycles. The normalized spacial score (nSPS) is 15.8. The molecule has 1 aromatic heterocycles. The van der Waals surface area contributed by atoms with Crippen LogP contribution in [0.25, 0.3) is 5.69 Å². The third-order valence-electron chi connectivity index (χ3n) is 3.47. The lowest BCUT2D eigenvalue weighted by Gasteiger charge is -2.25. The third-order valence-corrected chi connectivity index (χ3v) is 3.47. The number of hydrogen-bond donors (Lipinski definition) is 1. The average Bonchev–Trinajstić information content (AvgIpc) is 2.59. The molecule has 0 amide bonds. The molecule has 0 atom stereocenters. The van der Waals surface area contributed by atoms with E-state index in [-0.39, 0.29) is 0 Å². The molecule has 1 fully saturated rings. The van der Waals surface area contributed by atoms with Crippen LogP contribution in [0.2, 0.25) is 0 Å². The Balaban J connectivity index is 2.08. The molecular weight excluding hydrogens is 212 g/mol. The highest BCUT2D eigenvalue weighted by molar-refractivity contribution is 5.44. The van der Waals surface area contributed by atoms with Gasteiger partial charge < -0.3 is 5.73 Å². The Morgan fingerprint density at radius 2 is 2.18 bits per heavy atom. The van der Waals surface area contributed by atoms with Gasteiger partial charge in [0.15, 0.2) is 5.82 Å². The monoisotopic (exact) mass is 228 g/mol. The summed E-state index contributed by atoms with van der Waals surface area (Å²) in [7, 11) is 0. The van der Waals surface area contributed by atoms with Gasteiger partial charge in [0.25, 0.3) is 0 Å². The van der Waals surface area contributed by atoms with Crippen molar-refractivity contribution in [3.05, 3.63) is 35.5 Å². The molecule has 4 nitrogen and oxygen atoms in total. The maximum Gasteiger partial charge on any atom is 0.169 e. The van der Waals surface area contributed by atoms with Crippen molar-refractivity contribution in [2.24, 2.45) is 0 Å². The van der Waals surface area contributed by atoms with Crippen LogP contribution in [0.3, 0.4) is 0 Å². The van der Waals surface area contributed by atoms with Crippen molar-refractivity contribution in [1.29, 1.82) is 0 Å². The zero-order valence-electron chi connectivity index (χ0n) is 9.93. The van der Waals surface area contributed by atoms with Gasteiger partial charge in [0.1, 0.15) is 0 Å². The number of anilines is 1. The lowest BCUT2D eigenvalue weighted by molar-refractivity contribution is 0.404. The van der Waals surface area contributed by atoms with Gasteiger partial charge in [0.2, 0.25) is 0 Å². The summed E-state index contributed by atoms with van der Waals surface area (Å²) >= 11 is 0. The van der Waals surface area contributed by atoms with Crippen molar-refractivity contribution < 1.29 is 0 Å². The van der Waals surface area contributed by atoms with Gasteiger partial charge in [-0.05, 0) is 37.5 Å². The van der Waals surface area contributed by atoms with E-state index in [9.17, 15) is 0 Å². The Morgan fingerprint density at radius 1 is 1.35 bits per heavy atom. The molecule has 0 bridgehead atoms. The van der Waals surface area contributed by atoms with E-state index in [4.69, 9.17) is 5.73 Å². The molecule has 0 unspecified atom stereocenters. The minimum atomic E-state index is 0.533. The van der Waals surface area contributed by atoms with Crippen LogP contribution in [0, 0.1) is 6.92 Å². The van der Waals surface area contributed by atoms with Crippen molar-refractivity contribution in [2.75, 3.05) is 5.73 Å². The predicted molar refractivity (Wildman–Crippen MR) is 67.1 cm³/mol. The Bertz CT molecular complexity index is 540. The first kappa shape index (κ1) is 10.3. The van der Waals surface area contributed by atoms with Gasteiger partial charge in [-0.25, -0.2) is 4.68 Å². The number of nitrogens with two attached hydrogens (primary N) is 1. The summed E-state index contributed by atoms with van der Waals surface area (Å²) in [6.45, 7) is 2.08. The van der Waals surface area contributed by atoms with Crippen LogP contribution in [0.4, 0.5) is 5.82 Å². The molecule has 2 N–H and O–H groups in total. The second kappa shape index (κ2) is 3.87. The fraction of sp³-hybridized carbons (Fsp3) is 0.385. The molecule has 1 aliphatic carbocycles. The van der Waals surface area contributed by atoms with E-state index in [1.54, 1.807) is 0 Å². The molecule has 1 aliphatic rings. The van der Waals surface area contributed by atoms with Gasteiger partial charge in [-0.3, -0.25) is 0 Å². The minimum Gasteiger partial charge on any atom is -0.381 e. The van der Waals surface area contributed by atoms with Crippen molar-refractivity contribution in [1.82, 2.24) is 15.0 Å². The maximum atomic E-state index is 5.93.